The van der Waals surface area contributed by atoms with Crippen LogP contribution in [0.3, 0.4) is 0 Å². The molecule has 0 saturated carbocycles. The van der Waals surface area contributed by atoms with E-state index in [2.05, 4.69) is 5.32 Å². The molecule has 6 heteroatoms. The van der Waals surface area contributed by atoms with Gasteiger partial charge in [-0.05, 0) is 42.5 Å². The van der Waals surface area contributed by atoms with E-state index in [4.69, 9.17) is 23.2 Å². The molecule has 0 spiro atoms. The first-order chi connectivity index (χ1) is 12.5. The van der Waals surface area contributed by atoms with Crippen molar-refractivity contribution in [2.24, 2.45) is 0 Å². The normalized spacial score (nSPS) is 10.4. The molecule has 0 aliphatic rings. The topological polar surface area (TPSA) is 46.2 Å². The van der Waals surface area contributed by atoms with Crippen molar-refractivity contribution in [3.8, 4) is 0 Å². The van der Waals surface area contributed by atoms with Crippen LogP contribution < -0.4 is 5.32 Å². The number of nitrogens with one attached hydrogen (secondary N) is 1. The molecule has 3 aromatic carbocycles. The van der Waals surface area contributed by atoms with Gasteiger partial charge < -0.3 is 5.32 Å². The Balaban J connectivity index is 1.99. The second-order valence-corrected chi connectivity index (χ2v) is 6.28. The minimum Gasteiger partial charge on any atom is -0.321 e. The maximum Gasteiger partial charge on any atom is 0.258 e. The maximum atomic E-state index is 13.8. The van der Waals surface area contributed by atoms with Crippen molar-refractivity contribution < 1.29 is 14.0 Å². The fourth-order valence-corrected chi connectivity index (χ4v) is 2.83. The highest BCUT2D eigenvalue weighted by molar-refractivity contribution is 6.36. The average Bonchev–Trinajstić information content (AvgIpc) is 2.63. The van der Waals surface area contributed by atoms with Gasteiger partial charge in [-0.25, -0.2) is 4.39 Å². The summed E-state index contributed by atoms with van der Waals surface area (Å²) in [6, 6.07) is 16.6. The second-order valence-electron chi connectivity index (χ2n) is 5.43. The molecule has 0 unspecified atom stereocenters. The summed E-state index contributed by atoms with van der Waals surface area (Å²) >= 11 is 12.1. The summed E-state index contributed by atoms with van der Waals surface area (Å²) in [5, 5.41) is 3.17. The van der Waals surface area contributed by atoms with Crippen molar-refractivity contribution in [2.75, 3.05) is 5.32 Å². The standard InChI is InChI=1S/C20H12Cl2FNO2/c21-12-9-10-18(24-20(26)14-6-2-4-8-17(14)23)15(11-12)19(25)13-5-1-3-7-16(13)22/h1-11H,(H,24,26). The molecule has 0 bridgehead atoms. The van der Waals surface area contributed by atoms with Crippen LogP contribution in [0.25, 0.3) is 0 Å². The summed E-state index contributed by atoms with van der Waals surface area (Å²) in [6.45, 7) is 0. The van der Waals surface area contributed by atoms with Crippen molar-refractivity contribution in [3.63, 3.8) is 0 Å². The van der Waals surface area contributed by atoms with Crippen LogP contribution in [0.2, 0.25) is 10.0 Å². The molecule has 3 aromatic rings. The van der Waals surface area contributed by atoms with E-state index in [1.807, 2.05) is 0 Å². The number of hydrogen-bond donors (Lipinski definition) is 1. The van der Waals surface area contributed by atoms with Gasteiger partial charge in [-0.1, -0.05) is 47.5 Å². The number of carbonyl (C=O) groups excluding carboxylic acids is 2. The Kier molecular flexibility index (Phi) is 5.35. The van der Waals surface area contributed by atoms with Gasteiger partial charge in [0.15, 0.2) is 5.78 Å². The van der Waals surface area contributed by atoms with Gasteiger partial charge in [-0.2, -0.15) is 0 Å². The van der Waals surface area contributed by atoms with Crippen molar-refractivity contribution in [1.29, 1.82) is 0 Å². The molecule has 0 atom stereocenters. The molecule has 3 nitrogen and oxygen atoms in total. The van der Waals surface area contributed by atoms with Crippen LogP contribution in [0, 0.1) is 5.82 Å². The molecule has 0 heterocycles. The summed E-state index contributed by atoms with van der Waals surface area (Å²) in [7, 11) is 0. The Morgan fingerprint density at radius 3 is 2.15 bits per heavy atom. The molecular weight excluding hydrogens is 376 g/mol. The molecule has 0 aliphatic heterocycles. The van der Waals surface area contributed by atoms with Crippen LogP contribution in [0.15, 0.2) is 66.7 Å². The number of rotatable bonds is 4. The van der Waals surface area contributed by atoms with E-state index in [0.29, 0.717) is 5.02 Å². The Morgan fingerprint density at radius 1 is 0.808 bits per heavy atom. The minimum absolute atomic E-state index is 0.126. The molecule has 0 aromatic heterocycles. The summed E-state index contributed by atoms with van der Waals surface area (Å²) < 4.78 is 13.8. The highest BCUT2D eigenvalue weighted by atomic mass is 35.5. The predicted octanol–water partition coefficient (Wildman–Crippen LogP) is 5.62. The fourth-order valence-electron chi connectivity index (χ4n) is 2.44. The van der Waals surface area contributed by atoms with Crippen LogP contribution in [0.1, 0.15) is 26.3 Å². The van der Waals surface area contributed by atoms with Gasteiger partial charge in [0.2, 0.25) is 0 Å². The fraction of sp³-hybridized carbons (Fsp3) is 0. The lowest BCUT2D eigenvalue weighted by atomic mass is 10.0. The Hall–Kier alpha value is -2.69. The summed E-state index contributed by atoms with van der Waals surface area (Å²) in [6.07, 6.45) is 0. The van der Waals surface area contributed by atoms with Crippen molar-refractivity contribution in [1.82, 2.24) is 0 Å². The number of amides is 1. The first kappa shape index (κ1) is 18.1. The van der Waals surface area contributed by atoms with Gasteiger partial charge in [0.1, 0.15) is 5.82 Å². The van der Waals surface area contributed by atoms with E-state index in [9.17, 15) is 14.0 Å². The van der Waals surface area contributed by atoms with Crippen molar-refractivity contribution in [2.45, 2.75) is 0 Å². The average molecular weight is 388 g/mol. The third kappa shape index (κ3) is 3.77. The molecule has 1 N–H and O–H groups in total. The lowest BCUT2D eigenvalue weighted by Gasteiger charge is -2.12. The number of ketones is 1. The number of hydrogen-bond acceptors (Lipinski definition) is 2. The number of halogens is 3. The summed E-state index contributed by atoms with van der Waals surface area (Å²) in [5.74, 6) is -1.72. The van der Waals surface area contributed by atoms with E-state index < -0.39 is 17.5 Å². The lowest BCUT2D eigenvalue weighted by molar-refractivity contribution is 0.102. The number of anilines is 1. The largest absolute Gasteiger partial charge is 0.321 e. The third-order valence-corrected chi connectivity index (χ3v) is 4.28. The van der Waals surface area contributed by atoms with Gasteiger partial charge in [0, 0.05) is 16.1 Å². The molecule has 130 valence electrons. The van der Waals surface area contributed by atoms with Gasteiger partial charge in [-0.3, -0.25) is 9.59 Å². The SMILES string of the molecule is O=C(Nc1ccc(Cl)cc1C(=O)c1ccccc1Cl)c1ccccc1F. The van der Waals surface area contributed by atoms with Gasteiger partial charge in [0.05, 0.1) is 16.3 Å². The number of benzene rings is 3. The van der Waals surface area contributed by atoms with Crippen LogP contribution in [0.5, 0.6) is 0 Å². The molecule has 1 amide bonds. The molecule has 3 rings (SSSR count). The van der Waals surface area contributed by atoms with Crippen molar-refractivity contribution in [3.05, 3.63) is 99.3 Å². The van der Waals surface area contributed by atoms with Gasteiger partial charge in [-0.15, -0.1) is 0 Å². The van der Waals surface area contributed by atoms with Crippen LogP contribution in [0.4, 0.5) is 10.1 Å². The van der Waals surface area contributed by atoms with E-state index in [1.54, 1.807) is 30.3 Å². The molecule has 0 saturated heterocycles. The van der Waals surface area contributed by atoms with E-state index in [1.165, 1.54) is 36.4 Å². The zero-order chi connectivity index (χ0) is 18.7. The minimum atomic E-state index is -0.668. The zero-order valence-electron chi connectivity index (χ0n) is 13.3. The Morgan fingerprint density at radius 2 is 1.46 bits per heavy atom. The molecular formula is C20H12Cl2FNO2. The maximum absolute atomic E-state index is 13.8. The smallest absolute Gasteiger partial charge is 0.258 e. The van der Waals surface area contributed by atoms with E-state index in [-0.39, 0.29) is 27.4 Å². The second kappa shape index (κ2) is 7.68. The van der Waals surface area contributed by atoms with Crippen LogP contribution in [-0.2, 0) is 0 Å². The van der Waals surface area contributed by atoms with Crippen LogP contribution >= 0.6 is 23.2 Å². The molecule has 0 radical (unpaired) electrons. The van der Waals surface area contributed by atoms with Crippen LogP contribution in [-0.4, -0.2) is 11.7 Å². The quantitative estimate of drug-likeness (QED) is 0.590. The van der Waals surface area contributed by atoms with Crippen molar-refractivity contribution >= 4 is 40.6 Å². The zero-order valence-corrected chi connectivity index (χ0v) is 14.8. The lowest BCUT2D eigenvalue weighted by Crippen LogP contribution is -2.16. The monoisotopic (exact) mass is 387 g/mol. The first-order valence-corrected chi connectivity index (χ1v) is 8.37. The van der Waals surface area contributed by atoms with E-state index in [0.717, 1.165) is 0 Å². The van der Waals surface area contributed by atoms with Gasteiger partial charge >= 0.3 is 0 Å². The Bertz CT molecular complexity index is 1000. The molecule has 0 aliphatic carbocycles. The summed E-state index contributed by atoms with van der Waals surface area (Å²) in [5.41, 5.74) is 0.527. The first-order valence-electron chi connectivity index (χ1n) is 7.62. The van der Waals surface area contributed by atoms with Gasteiger partial charge in [0.25, 0.3) is 5.91 Å². The predicted molar refractivity (Wildman–Crippen MR) is 101 cm³/mol. The highest BCUT2D eigenvalue weighted by Crippen LogP contribution is 2.27. The third-order valence-electron chi connectivity index (χ3n) is 3.71. The highest BCUT2D eigenvalue weighted by Gasteiger charge is 2.19. The Labute approximate surface area is 159 Å². The van der Waals surface area contributed by atoms with E-state index >= 15 is 0 Å². The summed E-state index contributed by atoms with van der Waals surface area (Å²) in [4.78, 5) is 25.2. The molecule has 26 heavy (non-hydrogen) atoms. The number of carbonyl (C=O) groups is 2. The molecule has 0 fully saturated rings.